The van der Waals surface area contributed by atoms with E-state index in [0.29, 0.717) is 16.9 Å². The highest BCUT2D eigenvalue weighted by Crippen LogP contribution is 2.23. The molecule has 0 saturated heterocycles. The van der Waals surface area contributed by atoms with Crippen LogP contribution >= 0.6 is 0 Å². The van der Waals surface area contributed by atoms with Crippen LogP contribution < -0.4 is 16.0 Å². The van der Waals surface area contributed by atoms with E-state index in [1.807, 2.05) is 72.8 Å². The normalized spacial score (nSPS) is 10.4. The van der Waals surface area contributed by atoms with Gasteiger partial charge < -0.3 is 16.0 Å². The summed E-state index contributed by atoms with van der Waals surface area (Å²) in [4.78, 5) is 25.2. The molecule has 0 atom stereocenters. The summed E-state index contributed by atoms with van der Waals surface area (Å²) in [5, 5.41) is 11.0. The molecule has 0 bridgehead atoms. The van der Waals surface area contributed by atoms with Gasteiger partial charge in [-0.15, -0.1) is 0 Å². The molecule has 0 aliphatic carbocycles. The molecule has 0 saturated carbocycles. The summed E-state index contributed by atoms with van der Waals surface area (Å²) in [5.74, 6) is -0.512. The zero-order chi connectivity index (χ0) is 20.8. The number of benzene rings is 4. The summed E-state index contributed by atoms with van der Waals surface area (Å²) in [6.07, 6.45) is 0. The Bertz CT molecular complexity index is 1180. The van der Waals surface area contributed by atoms with Crippen molar-refractivity contribution in [3.63, 3.8) is 0 Å². The van der Waals surface area contributed by atoms with E-state index in [-0.39, 0.29) is 18.4 Å². The fourth-order valence-corrected chi connectivity index (χ4v) is 3.26. The van der Waals surface area contributed by atoms with E-state index in [1.54, 1.807) is 24.3 Å². The van der Waals surface area contributed by atoms with Crippen LogP contribution in [0.2, 0.25) is 0 Å². The number of nitrogens with one attached hydrogen (secondary N) is 3. The number of fused-ring (bicyclic) bond motifs is 1. The molecule has 0 fully saturated rings. The molecule has 0 spiro atoms. The average molecular weight is 395 g/mol. The van der Waals surface area contributed by atoms with E-state index in [2.05, 4.69) is 16.0 Å². The molecule has 5 heteroatoms. The SMILES string of the molecule is O=C(CNc1cccc2ccccc12)Nc1ccccc1C(=O)Nc1ccccc1. The van der Waals surface area contributed by atoms with Gasteiger partial charge in [-0.1, -0.05) is 66.7 Å². The molecule has 0 aromatic heterocycles. The van der Waals surface area contributed by atoms with Crippen molar-refractivity contribution >= 4 is 39.6 Å². The van der Waals surface area contributed by atoms with Crippen LogP contribution in [-0.4, -0.2) is 18.4 Å². The lowest BCUT2D eigenvalue weighted by Gasteiger charge is -2.13. The molecule has 0 aliphatic heterocycles. The van der Waals surface area contributed by atoms with Crippen LogP contribution in [-0.2, 0) is 4.79 Å². The molecule has 30 heavy (non-hydrogen) atoms. The summed E-state index contributed by atoms with van der Waals surface area (Å²) >= 11 is 0. The Morgan fingerprint density at radius 2 is 1.30 bits per heavy atom. The molecule has 0 radical (unpaired) electrons. The molecule has 148 valence electrons. The van der Waals surface area contributed by atoms with E-state index in [4.69, 9.17) is 0 Å². The number of anilines is 3. The van der Waals surface area contributed by atoms with Crippen LogP contribution in [0.4, 0.5) is 17.1 Å². The Morgan fingerprint density at radius 1 is 0.633 bits per heavy atom. The number of hydrogen-bond donors (Lipinski definition) is 3. The monoisotopic (exact) mass is 395 g/mol. The minimum Gasteiger partial charge on any atom is -0.376 e. The van der Waals surface area contributed by atoms with Crippen LogP contribution in [0.1, 0.15) is 10.4 Å². The Hall–Kier alpha value is -4.12. The number of carbonyl (C=O) groups is 2. The van der Waals surface area contributed by atoms with E-state index >= 15 is 0 Å². The fourth-order valence-electron chi connectivity index (χ4n) is 3.26. The fraction of sp³-hybridized carbons (Fsp3) is 0.0400. The van der Waals surface area contributed by atoms with Gasteiger partial charge in [0.15, 0.2) is 0 Å². The molecular formula is C25H21N3O2. The third-order valence-corrected chi connectivity index (χ3v) is 4.71. The highest BCUT2D eigenvalue weighted by atomic mass is 16.2. The van der Waals surface area contributed by atoms with Crippen molar-refractivity contribution in [3.8, 4) is 0 Å². The number of carbonyl (C=O) groups excluding carboxylic acids is 2. The van der Waals surface area contributed by atoms with Gasteiger partial charge in [0, 0.05) is 16.8 Å². The smallest absolute Gasteiger partial charge is 0.257 e. The van der Waals surface area contributed by atoms with Gasteiger partial charge in [0.05, 0.1) is 17.8 Å². The molecule has 0 heterocycles. The van der Waals surface area contributed by atoms with Gasteiger partial charge in [0.1, 0.15) is 0 Å². The molecule has 2 amide bonds. The van der Waals surface area contributed by atoms with E-state index in [9.17, 15) is 9.59 Å². The lowest BCUT2D eigenvalue weighted by Crippen LogP contribution is -2.24. The van der Waals surface area contributed by atoms with Gasteiger partial charge in [-0.2, -0.15) is 0 Å². The Kier molecular flexibility index (Phi) is 5.71. The average Bonchev–Trinajstić information content (AvgIpc) is 2.78. The van der Waals surface area contributed by atoms with Gasteiger partial charge in [0.2, 0.25) is 5.91 Å². The first kappa shape index (κ1) is 19.2. The van der Waals surface area contributed by atoms with Gasteiger partial charge in [0.25, 0.3) is 5.91 Å². The van der Waals surface area contributed by atoms with E-state index in [1.165, 1.54) is 0 Å². The first-order valence-corrected chi connectivity index (χ1v) is 9.67. The van der Waals surface area contributed by atoms with Crippen molar-refractivity contribution in [1.29, 1.82) is 0 Å². The number of para-hydroxylation sites is 2. The summed E-state index contributed by atoms with van der Waals surface area (Å²) in [7, 11) is 0. The second kappa shape index (κ2) is 8.92. The molecular weight excluding hydrogens is 374 g/mol. The molecule has 0 unspecified atom stereocenters. The minimum absolute atomic E-state index is 0.0860. The summed E-state index contributed by atoms with van der Waals surface area (Å²) < 4.78 is 0. The van der Waals surface area contributed by atoms with Crippen molar-refractivity contribution in [2.45, 2.75) is 0 Å². The predicted molar refractivity (Wildman–Crippen MR) is 122 cm³/mol. The largest absolute Gasteiger partial charge is 0.376 e. The Morgan fingerprint density at radius 3 is 2.17 bits per heavy atom. The first-order chi connectivity index (χ1) is 14.7. The topological polar surface area (TPSA) is 70.2 Å². The minimum atomic E-state index is -0.279. The van der Waals surface area contributed by atoms with Crippen molar-refractivity contribution in [3.05, 3.63) is 103 Å². The molecule has 0 aliphatic rings. The Balaban J connectivity index is 1.44. The molecule has 4 aromatic rings. The van der Waals surface area contributed by atoms with Crippen LogP contribution in [0, 0.1) is 0 Å². The maximum absolute atomic E-state index is 12.7. The van der Waals surface area contributed by atoms with Crippen molar-refractivity contribution in [2.24, 2.45) is 0 Å². The lowest BCUT2D eigenvalue weighted by atomic mass is 10.1. The van der Waals surface area contributed by atoms with Gasteiger partial charge in [-0.3, -0.25) is 9.59 Å². The summed E-state index contributed by atoms with van der Waals surface area (Å²) in [6.45, 7) is 0.0860. The maximum atomic E-state index is 12.7. The predicted octanol–water partition coefficient (Wildman–Crippen LogP) is 5.14. The van der Waals surface area contributed by atoms with Gasteiger partial charge in [-0.25, -0.2) is 0 Å². The third kappa shape index (κ3) is 4.47. The third-order valence-electron chi connectivity index (χ3n) is 4.71. The molecule has 5 nitrogen and oxygen atoms in total. The van der Waals surface area contributed by atoms with Crippen molar-refractivity contribution in [2.75, 3.05) is 22.5 Å². The van der Waals surface area contributed by atoms with Crippen LogP contribution in [0.5, 0.6) is 0 Å². The summed E-state index contributed by atoms with van der Waals surface area (Å²) in [5.41, 5.74) is 2.45. The number of hydrogen-bond acceptors (Lipinski definition) is 3. The summed E-state index contributed by atoms with van der Waals surface area (Å²) in [6, 6.07) is 30.1. The molecule has 3 N–H and O–H groups in total. The standard InChI is InChI=1S/C25H21N3O2/c29-24(17-26-22-16-8-10-18-9-4-5-13-20(18)22)28-23-15-7-6-14-21(23)25(30)27-19-11-2-1-3-12-19/h1-16,26H,17H2,(H,27,30)(H,28,29). The van der Waals surface area contributed by atoms with Gasteiger partial charge in [-0.05, 0) is 35.7 Å². The van der Waals surface area contributed by atoms with Crippen LogP contribution in [0.15, 0.2) is 97.1 Å². The molecule has 4 rings (SSSR count). The van der Waals surface area contributed by atoms with E-state index < -0.39 is 0 Å². The number of amides is 2. The quantitative estimate of drug-likeness (QED) is 0.423. The van der Waals surface area contributed by atoms with Crippen LogP contribution in [0.3, 0.4) is 0 Å². The zero-order valence-electron chi connectivity index (χ0n) is 16.3. The van der Waals surface area contributed by atoms with Crippen molar-refractivity contribution in [1.82, 2.24) is 0 Å². The highest BCUT2D eigenvalue weighted by Gasteiger charge is 2.13. The van der Waals surface area contributed by atoms with E-state index in [0.717, 1.165) is 16.5 Å². The highest BCUT2D eigenvalue weighted by molar-refractivity contribution is 6.10. The Labute approximate surface area is 174 Å². The maximum Gasteiger partial charge on any atom is 0.257 e. The zero-order valence-corrected chi connectivity index (χ0v) is 16.3. The van der Waals surface area contributed by atoms with Crippen molar-refractivity contribution < 1.29 is 9.59 Å². The lowest BCUT2D eigenvalue weighted by molar-refractivity contribution is -0.114. The van der Waals surface area contributed by atoms with Gasteiger partial charge >= 0.3 is 0 Å². The number of rotatable bonds is 6. The second-order valence-corrected chi connectivity index (χ2v) is 6.79. The molecule has 4 aromatic carbocycles. The first-order valence-electron chi connectivity index (χ1n) is 9.67. The second-order valence-electron chi connectivity index (χ2n) is 6.79. The van der Waals surface area contributed by atoms with Crippen LogP contribution in [0.25, 0.3) is 10.8 Å².